The Labute approximate surface area is 88.2 Å². The molecule has 0 radical (unpaired) electrons. The van der Waals surface area contributed by atoms with Gasteiger partial charge in [0.25, 0.3) is 0 Å². The molecule has 0 bridgehead atoms. The zero-order chi connectivity index (χ0) is 11.6. The first-order valence-corrected chi connectivity index (χ1v) is 7.22. The molecule has 4 N–H and O–H groups in total. The number of hydrogen-bond acceptors (Lipinski definition) is 4. The largest absolute Gasteiger partial charge is 0.397 e. The maximum atomic E-state index is 6.37. The molecule has 2 unspecified atom stereocenters. The molecule has 0 heterocycles. The standard InChI is InChI=1S/C9H24N2O2Si/c1-7(2)9(11,8(3)10)14(6,12-4)13-5/h7-8H,10-11H2,1-6H3. The van der Waals surface area contributed by atoms with Crippen LogP contribution in [0.1, 0.15) is 20.8 Å². The van der Waals surface area contributed by atoms with Gasteiger partial charge in [-0.05, 0) is 19.4 Å². The highest BCUT2D eigenvalue weighted by Gasteiger charge is 2.55. The third-order valence-corrected chi connectivity index (χ3v) is 7.44. The van der Waals surface area contributed by atoms with Crippen LogP contribution in [0, 0.1) is 5.92 Å². The van der Waals surface area contributed by atoms with E-state index in [0.717, 1.165) is 0 Å². The summed E-state index contributed by atoms with van der Waals surface area (Å²) in [5.41, 5.74) is 12.3. The molecule has 0 amide bonds. The van der Waals surface area contributed by atoms with Crippen molar-refractivity contribution >= 4 is 8.56 Å². The summed E-state index contributed by atoms with van der Waals surface area (Å²) in [6, 6.07) is -0.154. The molecule has 14 heavy (non-hydrogen) atoms. The first-order valence-electron chi connectivity index (χ1n) is 4.91. The highest BCUT2D eigenvalue weighted by molar-refractivity contribution is 6.69. The molecule has 0 aliphatic rings. The summed E-state index contributed by atoms with van der Waals surface area (Å²) in [6.45, 7) is 7.96. The van der Waals surface area contributed by atoms with E-state index in [4.69, 9.17) is 20.3 Å². The van der Waals surface area contributed by atoms with Crippen molar-refractivity contribution in [2.45, 2.75) is 38.5 Å². The third-order valence-electron chi connectivity index (χ3n) is 3.27. The highest BCUT2D eigenvalue weighted by Crippen LogP contribution is 2.29. The number of hydrogen-bond donors (Lipinski definition) is 2. The van der Waals surface area contributed by atoms with Crippen LogP contribution in [0.25, 0.3) is 0 Å². The fourth-order valence-electron chi connectivity index (χ4n) is 1.90. The maximum absolute atomic E-state index is 6.37. The average Bonchev–Trinajstić information content (AvgIpc) is 2.14. The molecule has 0 aromatic carbocycles. The Hall–Kier alpha value is 0.0569. The van der Waals surface area contributed by atoms with E-state index in [9.17, 15) is 0 Å². The quantitative estimate of drug-likeness (QED) is 0.665. The summed E-state index contributed by atoms with van der Waals surface area (Å²) in [6.07, 6.45) is 0. The Bertz CT molecular complexity index is 174. The SMILES string of the molecule is CO[Si](C)(OC)C(N)(C(C)C)C(C)N. The molecule has 0 fully saturated rings. The minimum Gasteiger partial charge on any atom is -0.397 e. The molecule has 0 aromatic rings. The molecule has 0 aromatic heterocycles. The van der Waals surface area contributed by atoms with E-state index in [1.165, 1.54) is 0 Å². The fraction of sp³-hybridized carbons (Fsp3) is 1.00. The van der Waals surface area contributed by atoms with Crippen LogP contribution in [-0.4, -0.2) is 34.0 Å². The molecule has 0 spiro atoms. The molecule has 0 rings (SSSR count). The smallest absolute Gasteiger partial charge is 0.356 e. The molecule has 4 nitrogen and oxygen atoms in total. The fourth-order valence-corrected chi connectivity index (χ4v) is 4.65. The summed E-state index contributed by atoms with van der Waals surface area (Å²) < 4.78 is 11.0. The van der Waals surface area contributed by atoms with Crippen molar-refractivity contribution in [2.24, 2.45) is 17.4 Å². The van der Waals surface area contributed by atoms with Gasteiger partial charge in [-0.15, -0.1) is 0 Å². The monoisotopic (exact) mass is 220 g/mol. The zero-order valence-electron chi connectivity index (χ0n) is 10.1. The van der Waals surface area contributed by atoms with Gasteiger partial charge in [0.05, 0.1) is 5.16 Å². The lowest BCUT2D eigenvalue weighted by molar-refractivity contribution is 0.178. The zero-order valence-corrected chi connectivity index (χ0v) is 11.1. The van der Waals surface area contributed by atoms with Gasteiger partial charge in [-0.2, -0.15) is 0 Å². The highest BCUT2D eigenvalue weighted by atomic mass is 28.4. The Morgan fingerprint density at radius 1 is 1.14 bits per heavy atom. The van der Waals surface area contributed by atoms with Crippen molar-refractivity contribution in [3.8, 4) is 0 Å². The molecule has 0 aliphatic carbocycles. The van der Waals surface area contributed by atoms with E-state index >= 15 is 0 Å². The van der Waals surface area contributed by atoms with E-state index in [-0.39, 0.29) is 12.0 Å². The van der Waals surface area contributed by atoms with E-state index in [1.54, 1.807) is 14.2 Å². The van der Waals surface area contributed by atoms with E-state index in [2.05, 4.69) is 0 Å². The summed E-state index contributed by atoms with van der Waals surface area (Å²) >= 11 is 0. The van der Waals surface area contributed by atoms with Crippen LogP contribution in [0.4, 0.5) is 0 Å². The Morgan fingerprint density at radius 2 is 1.50 bits per heavy atom. The second-order valence-electron chi connectivity index (χ2n) is 4.23. The van der Waals surface area contributed by atoms with Crippen molar-refractivity contribution in [1.82, 2.24) is 0 Å². The van der Waals surface area contributed by atoms with Gasteiger partial charge >= 0.3 is 8.56 Å². The summed E-state index contributed by atoms with van der Waals surface area (Å²) in [4.78, 5) is 0. The number of nitrogens with two attached hydrogens (primary N) is 2. The molecular formula is C9H24N2O2Si. The van der Waals surface area contributed by atoms with Gasteiger partial charge < -0.3 is 20.3 Å². The van der Waals surface area contributed by atoms with Crippen LogP contribution in [0.2, 0.25) is 6.55 Å². The van der Waals surface area contributed by atoms with Crippen molar-refractivity contribution in [3.63, 3.8) is 0 Å². The minimum absolute atomic E-state index is 0.154. The third kappa shape index (κ3) is 2.01. The maximum Gasteiger partial charge on any atom is 0.356 e. The van der Waals surface area contributed by atoms with Crippen molar-refractivity contribution in [3.05, 3.63) is 0 Å². The average molecular weight is 220 g/mol. The lowest BCUT2D eigenvalue weighted by Gasteiger charge is -2.46. The predicted molar refractivity (Wildman–Crippen MR) is 61.0 cm³/mol. The van der Waals surface area contributed by atoms with Gasteiger partial charge in [0.15, 0.2) is 0 Å². The van der Waals surface area contributed by atoms with Crippen LogP contribution in [0.3, 0.4) is 0 Å². The van der Waals surface area contributed by atoms with Crippen molar-refractivity contribution in [1.29, 1.82) is 0 Å². The molecule has 0 aliphatic heterocycles. The molecule has 86 valence electrons. The van der Waals surface area contributed by atoms with Gasteiger partial charge in [0.1, 0.15) is 0 Å². The predicted octanol–water partition coefficient (Wildman–Crippen LogP) is 0.591. The van der Waals surface area contributed by atoms with E-state index < -0.39 is 13.7 Å². The summed E-state index contributed by atoms with van der Waals surface area (Å²) in [7, 11) is 0.858. The second-order valence-corrected chi connectivity index (χ2v) is 7.80. The van der Waals surface area contributed by atoms with Crippen LogP contribution in [0.15, 0.2) is 0 Å². The van der Waals surface area contributed by atoms with Crippen LogP contribution < -0.4 is 11.5 Å². The van der Waals surface area contributed by atoms with Crippen molar-refractivity contribution < 1.29 is 8.85 Å². The van der Waals surface area contributed by atoms with Crippen LogP contribution in [0.5, 0.6) is 0 Å². The summed E-state index contributed by atoms with van der Waals surface area (Å²) in [5.74, 6) is 0.221. The van der Waals surface area contributed by atoms with Gasteiger partial charge in [-0.25, -0.2) is 0 Å². The lowest BCUT2D eigenvalue weighted by Crippen LogP contribution is -2.75. The molecule has 5 heteroatoms. The molecule has 0 saturated heterocycles. The second kappa shape index (κ2) is 4.72. The normalized spacial score (nSPS) is 19.5. The summed E-state index contributed by atoms with van der Waals surface area (Å²) in [5, 5.41) is -0.573. The first-order chi connectivity index (χ1) is 6.26. The van der Waals surface area contributed by atoms with Gasteiger partial charge in [-0.3, -0.25) is 0 Å². The van der Waals surface area contributed by atoms with Crippen molar-refractivity contribution in [2.75, 3.05) is 14.2 Å². The van der Waals surface area contributed by atoms with E-state index in [1.807, 2.05) is 27.3 Å². The molecular weight excluding hydrogens is 196 g/mol. The Kier molecular flexibility index (Phi) is 4.74. The molecule has 2 atom stereocenters. The van der Waals surface area contributed by atoms with Gasteiger partial charge in [0.2, 0.25) is 0 Å². The van der Waals surface area contributed by atoms with Crippen LogP contribution >= 0.6 is 0 Å². The first kappa shape index (κ1) is 14.1. The van der Waals surface area contributed by atoms with E-state index in [0.29, 0.717) is 0 Å². The van der Waals surface area contributed by atoms with Crippen LogP contribution in [-0.2, 0) is 8.85 Å². The Morgan fingerprint density at radius 3 is 1.57 bits per heavy atom. The lowest BCUT2D eigenvalue weighted by atomic mass is 9.98. The Balaban J connectivity index is 5.18. The topological polar surface area (TPSA) is 70.5 Å². The van der Waals surface area contributed by atoms with Gasteiger partial charge in [-0.1, -0.05) is 13.8 Å². The molecule has 0 saturated carbocycles. The minimum atomic E-state index is -2.42. The van der Waals surface area contributed by atoms with Gasteiger partial charge in [0, 0.05) is 20.3 Å². The number of rotatable bonds is 5.